The van der Waals surface area contributed by atoms with Crippen LogP contribution in [0.25, 0.3) is 0 Å². The van der Waals surface area contributed by atoms with E-state index in [1.165, 1.54) is 0 Å². The zero-order chi connectivity index (χ0) is 9.46. The average molecular weight is 178 g/mol. The molecule has 1 aliphatic rings. The maximum Gasteiger partial charge on any atom is 0.195 e. The zero-order valence-corrected chi connectivity index (χ0v) is 6.03. The maximum atomic E-state index is 10.8. The Kier molecular flexibility index (Phi) is 2.45. The largest absolute Gasteiger partial charge is 0.387 e. The molecule has 0 radical (unpaired) electrons. The van der Waals surface area contributed by atoms with Gasteiger partial charge in [-0.25, -0.2) is 0 Å². The van der Waals surface area contributed by atoms with Crippen molar-refractivity contribution >= 4 is 5.78 Å². The highest BCUT2D eigenvalue weighted by Gasteiger charge is 2.47. The van der Waals surface area contributed by atoms with Gasteiger partial charge in [0.25, 0.3) is 0 Å². The van der Waals surface area contributed by atoms with E-state index >= 15 is 0 Å². The number of hydrogen-bond donors (Lipinski definition) is 5. The Bertz CT molecular complexity index is 174. The van der Waals surface area contributed by atoms with Crippen LogP contribution in [0.1, 0.15) is 0 Å². The molecule has 4 unspecified atom stereocenters. The fraction of sp³-hybridized carbons (Fsp3) is 0.833. The Labute approximate surface area is 67.7 Å². The molecule has 1 saturated carbocycles. The molecule has 12 heavy (non-hydrogen) atoms. The molecule has 0 heterocycles. The van der Waals surface area contributed by atoms with Gasteiger partial charge in [0, 0.05) is 0 Å². The number of hydrogen-bond acceptors (Lipinski definition) is 6. The number of rotatable bonds is 0. The van der Waals surface area contributed by atoms with E-state index in [0.29, 0.717) is 0 Å². The van der Waals surface area contributed by atoms with Crippen LogP contribution in [-0.2, 0) is 4.79 Å². The summed E-state index contributed by atoms with van der Waals surface area (Å²) in [6, 6.07) is 0. The molecule has 0 amide bonds. The average Bonchev–Trinajstić information content (AvgIpc) is 2.08. The fourth-order valence-corrected chi connectivity index (χ4v) is 1.09. The number of carbonyl (C=O) groups is 1. The monoisotopic (exact) mass is 178 g/mol. The van der Waals surface area contributed by atoms with Crippen molar-refractivity contribution in [2.45, 2.75) is 30.5 Å². The summed E-state index contributed by atoms with van der Waals surface area (Å²) in [6.45, 7) is 0. The predicted octanol–water partition coefficient (Wildman–Crippen LogP) is -3.63. The van der Waals surface area contributed by atoms with Gasteiger partial charge in [0.1, 0.15) is 30.5 Å². The molecular formula is C6H10O6. The molecule has 0 aliphatic heterocycles. The van der Waals surface area contributed by atoms with Gasteiger partial charge in [0.2, 0.25) is 0 Å². The summed E-state index contributed by atoms with van der Waals surface area (Å²) < 4.78 is 0. The second-order valence-electron chi connectivity index (χ2n) is 2.76. The zero-order valence-electron chi connectivity index (χ0n) is 6.03. The minimum absolute atomic E-state index is 1.08. The van der Waals surface area contributed by atoms with E-state index < -0.39 is 36.3 Å². The van der Waals surface area contributed by atoms with Crippen molar-refractivity contribution in [2.75, 3.05) is 0 Å². The molecule has 70 valence electrons. The minimum Gasteiger partial charge on any atom is -0.387 e. The first-order chi connectivity index (χ1) is 5.46. The second kappa shape index (κ2) is 3.08. The molecule has 6 heteroatoms. The molecular weight excluding hydrogens is 168 g/mol. The van der Waals surface area contributed by atoms with Crippen molar-refractivity contribution in [1.82, 2.24) is 0 Å². The molecule has 0 spiro atoms. The molecule has 5 N–H and O–H groups in total. The Morgan fingerprint density at radius 1 is 0.750 bits per heavy atom. The third-order valence-electron chi connectivity index (χ3n) is 1.93. The third kappa shape index (κ3) is 1.23. The third-order valence-corrected chi connectivity index (χ3v) is 1.93. The van der Waals surface area contributed by atoms with E-state index in [0.717, 1.165) is 0 Å². The summed E-state index contributed by atoms with van der Waals surface area (Å²) in [4.78, 5) is 10.8. The molecule has 6 nitrogen and oxygen atoms in total. The van der Waals surface area contributed by atoms with Crippen LogP contribution in [0.3, 0.4) is 0 Å². The SMILES string of the molecule is O=C1C(O)C(O)C(O)[C@@H](O)C1O. The molecule has 0 aromatic heterocycles. The summed E-state index contributed by atoms with van der Waals surface area (Å²) in [7, 11) is 0. The molecule has 1 aliphatic carbocycles. The maximum absolute atomic E-state index is 10.8. The Morgan fingerprint density at radius 2 is 1.08 bits per heavy atom. The Balaban J connectivity index is 2.83. The standard InChI is InChI=1S/C6H10O6/c7-1-2(8)4(10)6(12)5(11)3(1)9/h1-5,7-11H/t1?,2-,3?,4?,5?/m1/s1. The van der Waals surface area contributed by atoms with Crippen LogP contribution >= 0.6 is 0 Å². The topological polar surface area (TPSA) is 118 Å². The molecule has 5 atom stereocenters. The molecule has 0 bridgehead atoms. The smallest absolute Gasteiger partial charge is 0.195 e. The lowest BCUT2D eigenvalue weighted by Gasteiger charge is -2.34. The Morgan fingerprint density at radius 3 is 1.42 bits per heavy atom. The molecule has 1 fully saturated rings. The van der Waals surface area contributed by atoms with Crippen LogP contribution < -0.4 is 0 Å². The van der Waals surface area contributed by atoms with Gasteiger partial charge in [-0.3, -0.25) is 4.79 Å². The highest BCUT2D eigenvalue weighted by molar-refractivity contribution is 5.89. The van der Waals surface area contributed by atoms with E-state index in [4.69, 9.17) is 25.5 Å². The van der Waals surface area contributed by atoms with Gasteiger partial charge in [-0.1, -0.05) is 0 Å². The second-order valence-corrected chi connectivity index (χ2v) is 2.76. The quantitative estimate of drug-likeness (QED) is 0.261. The predicted molar refractivity (Wildman–Crippen MR) is 35.0 cm³/mol. The van der Waals surface area contributed by atoms with Crippen molar-refractivity contribution in [3.8, 4) is 0 Å². The van der Waals surface area contributed by atoms with Gasteiger partial charge >= 0.3 is 0 Å². The molecule has 0 saturated heterocycles. The first-order valence-corrected chi connectivity index (χ1v) is 3.41. The van der Waals surface area contributed by atoms with E-state index in [2.05, 4.69) is 0 Å². The van der Waals surface area contributed by atoms with Gasteiger partial charge < -0.3 is 25.5 Å². The minimum atomic E-state index is -1.83. The van der Waals surface area contributed by atoms with Crippen molar-refractivity contribution < 1.29 is 30.3 Å². The first kappa shape index (κ1) is 9.56. The summed E-state index contributed by atoms with van der Waals surface area (Å²) in [6.07, 6.45) is -8.85. The Hall–Kier alpha value is -0.530. The van der Waals surface area contributed by atoms with Gasteiger partial charge in [-0.05, 0) is 0 Å². The fourth-order valence-electron chi connectivity index (χ4n) is 1.09. The van der Waals surface area contributed by atoms with Crippen LogP contribution in [0.5, 0.6) is 0 Å². The molecule has 1 rings (SSSR count). The normalized spacial score (nSPS) is 49.4. The number of Topliss-reactive ketones (excluding diaryl/α,β-unsaturated/α-hetero) is 1. The van der Waals surface area contributed by atoms with Crippen molar-refractivity contribution in [3.63, 3.8) is 0 Å². The summed E-state index contributed by atoms with van der Waals surface area (Å²) >= 11 is 0. The van der Waals surface area contributed by atoms with Crippen molar-refractivity contribution in [2.24, 2.45) is 0 Å². The summed E-state index contributed by atoms with van der Waals surface area (Å²) in [5, 5.41) is 44.5. The summed E-state index contributed by atoms with van der Waals surface area (Å²) in [5.74, 6) is -1.08. The van der Waals surface area contributed by atoms with E-state index in [1.54, 1.807) is 0 Å². The highest BCUT2D eigenvalue weighted by Crippen LogP contribution is 2.17. The van der Waals surface area contributed by atoms with E-state index in [9.17, 15) is 4.79 Å². The van der Waals surface area contributed by atoms with Crippen LogP contribution in [0.2, 0.25) is 0 Å². The lowest BCUT2D eigenvalue weighted by Crippen LogP contribution is -2.61. The number of aliphatic hydroxyl groups excluding tert-OH is 5. The number of ketones is 1. The van der Waals surface area contributed by atoms with Gasteiger partial charge in [-0.15, -0.1) is 0 Å². The van der Waals surface area contributed by atoms with Gasteiger partial charge in [-0.2, -0.15) is 0 Å². The molecule has 0 aromatic rings. The highest BCUT2D eigenvalue weighted by atomic mass is 16.4. The number of aliphatic hydroxyl groups is 5. The van der Waals surface area contributed by atoms with Crippen molar-refractivity contribution in [3.05, 3.63) is 0 Å². The number of carbonyl (C=O) groups excluding carboxylic acids is 1. The van der Waals surface area contributed by atoms with E-state index in [1.807, 2.05) is 0 Å². The lowest BCUT2D eigenvalue weighted by atomic mass is 9.86. The van der Waals surface area contributed by atoms with E-state index in [-0.39, 0.29) is 0 Å². The lowest BCUT2D eigenvalue weighted by molar-refractivity contribution is -0.185. The van der Waals surface area contributed by atoms with Gasteiger partial charge in [0.05, 0.1) is 0 Å². The van der Waals surface area contributed by atoms with Crippen LogP contribution in [-0.4, -0.2) is 61.8 Å². The van der Waals surface area contributed by atoms with Crippen LogP contribution in [0.4, 0.5) is 0 Å². The van der Waals surface area contributed by atoms with Crippen molar-refractivity contribution in [1.29, 1.82) is 0 Å². The summed E-state index contributed by atoms with van der Waals surface area (Å²) in [5.41, 5.74) is 0. The van der Waals surface area contributed by atoms with Crippen LogP contribution in [0.15, 0.2) is 0 Å². The first-order valence-electron chi connectivity index (χ1n) is 3.41. The van der Waals surface area contributed by atoms with Gasteiger partial charge in [0.15, 0.2) is 5.78 Å². The van der Waals surface area contributed by atoms with Crippen LogP contribution in [0, 0.1) is 0 Å². The molecule has 0 aromatic carbocycles.